The van der Waals surface area contributed by atoms with Crippen molar-refractivity contribution in [3.63, 3.8) is 0 Å². The predicted molar refractivity (Wildman–Crippen MR) is 75.4 cm³/mol. The van der Waals surface area contributed by atoms with E-state index in [0.29, 0.717) is 11.3 Å². The van der Waals surface area contributed by atoms with Gasteiger partial charge in [0.25, 0.3) is 0 Å². The number of rotatable bonds is 2. The molecule has 1 spiro atoms. The summed E-state index contributed by atoms with van der Waals surface area (Å²) in [5.74, 6) is 1.76. The van der Waals surface area contributed by atoms with E-state index in [4.69, 9.17) is 0 Å². The fourth-order valence-corrected chi connectivity index (χ4v) is 3.70. The molecule has 1 N–H and O–H groups in total. The van der Waals surface area contributed by atoms with Crippen LogP contribution in [0, 0.1) is 5.41 Å². The first-order valence-electron chi connectivity index (χ1n) is 7.64. The summed E-state index contributed by atoms with van der Waals surface area (Å²) in [7, 11) is 0. The van der Waals surface area contributed by atoms with Crippen LogP contribution in [0.5, 0.6) is 0 Å². The second kappa shape index (κ2) is 4.44. The minimum Gasteiger partial charge on any atom is -0.355 e. The number of hydrogen-bond acceptors (Lipinski definition) is 4. The lowest BCUT2D eigenvalue weighted by molar-refractivity contribution is 0.369. The third-order valence-electron chi connectivity index (χ3n) is 5.29. The minimum absolute atomic E-state index is 0.508. The lowest BCUT2D eigenvalue weighted by atomic mass is 9.83. The molecule has 2 aliphatic heterocycles. The molecular formula is C15H22N4. The maximum atomic E-state index is 4.47. The molecule has 0 radical (unpaired) electrons. The van der Waals surface area contributed by atoms with Gasteiger partial charge in [-0.05, 0) is 44.4 Å². The zero-order chi connectivity index (χ0) is 12.7. The van der Waals surface area contributed by atoms with Crippen LogP contribution >= 0.6 is 0 Å². The molecule has 102 valence electrons. The van der Waals surface area contributed by atoms with Crippen LogP contribution in [0.25, 0.3) is 0 Å². The molecule has 3 aliphatic rings. The van der Waals surface area contributed by atoms with E-state index < -0.39 is 0 Å². The van der Waals surface area contributed by atoms with Crippen LogP contribution < -0.4 is 10.2 Å². The highest BCUT2D eigenvalue weighted by Gasteiger charge is 2.40. The van der Waals surface area contributed by atoms with Crippen LogP contribution in [0.2, 0.25) is 0 Å². The molecule has 0 amide bonds. The summed E-state index contributed by atoms with van der Waals surface area (Å²) in [6.45, 7) is 4.65. The number of hydrogen-bond donors (Lipinski definition) is 1. The van der Waals surface area contributed by atoms with Gasteiger partial charge in [-0.3, -0.25) is 0 Å². The average Bonchev–Trinajstić information content (AvgIpc) is 3.00. The van der Waals surface area contributed by atoms with Crippen molar-refractivity contribution in [3.05, 3.63) is 17.8 Å². The molecule has 3 fully saturated rings. The quantitative estimate of drug-likeness (QED) is 0.880. The molecule has 4 rings (SSSR count). The van der Waals surface area contributed by atoms with Gasteiger partial charge in [0, 0.05) is 31.0 Å². The van der Waals surface area contributed by atoms with Crippen molar-refractivity contribution in [3.8, 4) is 0 Å². The lowest BCUT2D eigenvalue weighted by Crippen LogP contribution is -2.29. The SMILES string of the molecule is c1cc(N2CCC3(CCNC3)C2)nnc1C1CCC1. The van der Waals surface area contributed by atoms with Crippen molar-refractivity contribution in [1.29, 1.82) is 0 Å². The van der Waals surface area contributed by atoms with Crippen LogP contribution in [0.1, 0.15) is 43.7 Å². The third kappa shape index (κ3) is 2.02. The summed E-state index contributed by atoms with van der Waals surface area (Å²) in [5.41, 5.74) is 1.71. The van der Waals surface area contributed by atoms with Gasteiger partial charge in [-0.15, -0.1) is 5.10 Å². The second-order valence-electron chi connectivity index (χ2n) is 6.54. The van der Waals surface area contributed by atoms with Gasteiger partial charge < -0.3 is 10.2 Å². The van der Waals surface area contributed by atoms with E-state index >= 15 is 0 Å². The van der Waals surface area contributed by atoms with Crippen LogP contribution in [0.3, 0.4) is 0 Å². The monoisotopic (exact) mass is 258 g/mol. The third-order valence-corrected chi connectivity index (χ3v) is 5.29. The maximum absolute atomic E-state index is 4.47. The first-order valence-corrected chi connectivity index (χ1v) is 7.64. The van der Waals surface area contributed by atoms with Crippen molar-refractivity contribution >= 4 is 5.82 Å². The van der Waals surface area contributed by atoms with Crippen LogP contribution in [0.4, 0.5) is 5.82 Å². The van der Waals surface area contributed by atoms with E-state index in [-0.39, 0.29) is 0 Å². The van der Waals surface area contributed by atoms with Crippen LogP contribution in [0.15, 0.2) is 12.1 Å². The van der Waals surface area contributed by atoms with Crippen molar-refractivity contribution < 1.29 is 0 Å². The normalized spacial score (nSPS) is 31.1. The number of anilines is 1. The van der Waals surface area contributed by atoms with Gasteiger partial charge in [-0.25, -0.2) is 0 Å². The van der Waals surface area contributed by atoms with Gasteiger partial charge in [-0.2, -0.15) is 5.10 Å². The van der Waals surface area contributed by atoms with Gasteiger partial charge in [0.05, 0.1) is 5.69 Å². The second-order valence-corrected chi connectivity index (χ2v) is 6.54. The fraction of sp³-hybridized carbons (Fsp3) is 0.733. The molecule has 1 aromatic rings. The smallest absolute Gasteiger partial charge is 0.151 e. The molecule has 2 saturated heterocycles. The van der Waals surface area contributed by atoms with Gasteiger partial charge >= 0.3 is 0 Å². The summed E-state index contributed by atoms with van der Waals surface area (Å²) in [4.78, 5) is 2.42. The Hall–Kier alpha value is -1.16. The average molecular weight is 258 g/mol. The Labute approximate surface area is 114 Å². The zero-order valence-electron chi connectivity index (χ0n) is 11.4. The highest BCUT2D eigenvalue weighted by molar-refractivity contribution is 5.40. The van der Waals surface area contributed by atoms with Crippen molar-refractivity contribution in [2.24, 2.45) is 5.41 Å². The molecule has 4 heteroatoms. The Morgan fingerprint density at radius 3 is 2.79 bits per heavy atom. The Bertz CT molecular complexity index is 446. The Balaban J connectivity index is 1.47. The molecule has 1 unspecified atom stereocenters. The Kier molecular flexibility index (Phi) is 2.72. The summed E-state index contributed by atoms with van der Waals surface area (Å²) in [5, 5.41) is 12.4. The minimum atomic E-state index is 0.508. The van der Waals surface area contributed by atoms with E-state index in [2.05, 4.69) is 32.5 Å². The van der Waals surface area contributed by atoms with Crippen LogP contribution in [-0.2, 0) is 0 Å². The highest BCUT2D eigenvalue weighted by atomic mass is 15.3. The molecular weight excluding hydrogens is 236 g/mol. The Morgan fingerprint density at radius 2 is 2.16 bits per heavy atom. The first kappa shape index (κ1) is 11.6. The lowest BCUT2D eigenvalue weighted by Gasteiger charge is -2.25. The summed E-state index contributed by atoms with van der Waals surface area (Å²) < 4.78 is 0. The fourth-order valence-electron chi connectivity index (χ4n) is 3.70. The maximum Gasteiger partial charge on any atom is 0.151 e. The van der Waals surface area contributed by atoms with Crippen molar-refractivity contribution in [2.45, 2.75) is 38.0 Å². The molecule has 0 bridgehead atoms. The zero-order valence-corrected chi connectivity index (χ0v) is 11.4. The largest absolute Gasteiger partial charge is 0.355 e. The summed E-state index contributed by atoms with van der Waals surface area (Å²) in [6, 6.07) is 4.38. The standard InChI is InChI=1S/C15H22N4/c1-2-12(3-1)13-4-5-14(18-17-13)19-9-7-15(11-19)6-8-16-10-15/h4-5,12,16H,1-3,6-11H2. The molecule has 1 atom stereocenters. The van der Waals surface area contributed by atoms with Crippen molar-refractivity contribution in [2.75, 3.05) is 31.1 Å². The molecule has 1 aliphatic carbocycles. The first-order chi connectivity index (χ1) is 9.35. The van der Waals surface area contributed by atoms with E-state index in [1.807, 2.05) is 0 Å². The summed E-state index contributed by atoms with van der Waals surface area (Å²) in [6.07, 6.45) is 6.57. The van der Waals surface area contributed by atoms with E-state index in [9.17, 15) is 0 Å². The number of nitrogens with zero attached hydrogens (tertiary/aromatic N) is 3. The van der Waals surface area contributed by atoms with E-state index in [1.54, 1.807) is 0 Å². The van der Waals surface area contributed by atoms with E-state index in [1.165, 1.54) is 50.9 Å². The number of aromatic nitrogens is 2. The van der Waals surface area contributed by atoms with Gasteiger partial charge in [0.1, 0.15) is 0 Å². The molecule has 0 aromatic carbocycles. The van der Waals surface area contributed by atoms with Crippen LogP contribution in [-0.4, -0.2) is 36.4 Å². The molecule has 3 heterocycles. The molecule has 1 saturated carbocycles. The van der Waals surface area contributed by atoms with Gasteiger partial charge in [0.2, 0.25) is 0 Å². The molecule has 1 aromatic heterocycles. The van der Waals surface area contributed by atoms with Gasteiger partial charge in [-0.1, -0.05) is 6.42 Å². The molecule has 19 heavy (non-hydrogen) atoms. The highest BCUT2D eigenvalue weighted by Crippen LogP contribution is 2.38. The Morgan fingerprint density at radius 1 is 1.21 bits per heavy atom. The van der Waals surface area contributed by atoms with Crippen molar-refractivity contribution in [1.82, 2.24) is 15.5 Å². The topological polar surface area (TPSA) is 41.0 Å². The summed E-state index contributed by atoms with van der Waals surface area (Å²) >= 11 is 0. The van der Waals surface area contributed by atoms with E-state index in [0.717, 1.165) is 18.9 Å². The molecule has 4 nitrogen and oxygen atoms in total. The predicted octanol–water partition coefficient (Wildman–Crippen LogP) is 1.93. The van der Waals surface area contributed by atoms with Gasteiger partial charge in [0.15, 0.2) is 5.82 Å². The number of nitrogens with one attached hydrogen (secondary N) is 1.